The third kappa shape index (κ3) is 2.03. The van der Waals surface area contributed by atoms with Crippen LogP contribution in [0.3, 0.4) is 0 Å². The van der Waals surface area contributed by atoms with Crippen LogP contribution in [0.5, 0.6) is 0 Å². The maximum Gasteiger partial charge on any atom is 0.222 e. The summed E-state index contributed by atoms with van der Waals surface area (Å²) in [6, 6.07) is 0. The molecule has 3 nitrogen and oxygen atoms in total. The number of carbonyl (C=O) groups is 2. The minimum atomic E-state index is 0.123. The number of amides is 1. The number of likely N-dealkylation sites (tertiary alicyclic amines) is 1. The second-order valence-electron chi connectivity index (χ2n) is 2.80. The zero-order chi connectivity index (χ0) is 8.27. The summed E-state index contributed by atoms with van der Waals surface area (Å²) < 4.78 is 0. The predicted octanol–water partition coefficient (Wildman–Crippen LogP) is 0.588. The quantitative estimate of drug-likeness (QED) is 0.555. The Morgan fingerprint density at radius 1 is 1.36 bits per heavy atom. The van der Waals surface area contributed by atoms with E-state index in [1.54, 1.807) is 4.90 Å². The highest BCUT2D eigenvalue weighted by atomic mass is 16.2. The Balaban J connectivity index is 2.59. The van der Waals surface area contributed by atoms with Gasteiger partial charge >= 0.3 is 0 Å². The van der Waals surface area contributed by atoms with E-state index in [0.717, 1.165) is 6.42 Å². The number of ketones is 1. The van der Waals surface area contributed by atoms with Crippen LogP contribution in [0.2, 0.25) is 0 Å². The number of hydrogen-bond donors (Lipinski definition) is 0. The van der Waals surface area contributed by atoms with Crippen LogP contribution >= 0.6 is 0 Å². The second kappa shape index (κ2) is 3.51. The first-order valence-corrected chi connectivity index (χ1v) is 4.03. The molecule has 0 aromatic carbocycles. The van der Waals surface area contributed by atoms with Gasteiger partial charge in [0.1, 0.15) is 0 Å². The Bertz CT molecular complexity index is 177. The largest absolute Gasteiger partial charge is 0.336 e. The van der Waals surface area contributed by atoms with Gasteiger partial charge in [-0.25, -0.2) is 0 Å². The molecule has 0 unspecified atom stereocenters. The molecule has 1 saturated heterocycles. The van der Waals surface area contributed by atoms with Gasteiger partial charge < -0.3 is 4.90 Å². The van der Waals surface area contributed by atoms with Crippen LogP contribution < -0.4 is 0 Å². The van der Waals surface area contributed by atoms with Gasteiger partial charge in [-0.05, 0) is 13.3 Å². The van der Waals surface area contributed by atoms with E-state index < -0.39 is 0 Å². The predicted molar refractivity (Wildman–Crippen MR) is 41.1 cm³/mol. The fraction of sp³-hybridized carbons (Fsp3) is 0.750. The van der Waals surface area contributed by atoms with Crippen LogP contribution in [0.15, 0.2) is 0 Å². The van der Waals surface area contributed by atoms with Gasteiger partial charge in [0, 0.05) is 19.4 Å². The number of nitrogens with zero attached hydrogens (tertiary/aromatic N) is 1. The Morgan fingerprint density at radius 2 is 2.09 bits per heavy atom. The molecule has 1 aliphatic heterocycles. The van der Waals surface area contributed by atoms with Gasteiger partial charge in [0.15, 0.2) is 5.78 Å². The number of rotatable bonds is 1. The number of Topliss-reactive ketones (excluding diaryl/α,β-unsaturated/α-hetero) is 1. The van der Waals surface area contributed by atoms with Crippen LogP contribution in [-0.2, 0) is 9.59 Å². The van der Waals surface area contributed by atoms with Crippen molar-refractivity contribution in [3.05, 3.63) is 0 Å². The van der Waals surface area contributed by atoms with E-state index in [1.807, 2.05) is 6.92 Å². The van der Waals surface area contributed by atoms with Gasteiger partial charge in [-0.1, -0.05) is 0 Å². The summed E-state index contributed by atoms with van der Waals surface area (Å²) in [5, 5.41) is 0. The van der Waals surface area contributed by atoms with E-state index in [2.05, 4.69) is 0 Å². The number of likely N-dealkylation sites (N-methyl/N-ethyl adjacent to an activating group) is 1. The van der Waals surface area contributed by atoms with Crippen molar-refractivity contribution in [3.63, 3.8) is 0 Å². The van der Waals surface area contributed by atoms with E-state index in [4.69, 9.17) is 0 Å². The minimum Gasteiger partial charge on any atom is -0.336 e. The number of carbonyl (C=O) groups excluding carboxylic acids is 2. The lowest BCUT2D eigenvalue weighted by Gasteiger charge is -2.16. The number of hydrogen-bond acceptors (Lipinski definition) is 2. The highest BCUT2D eigenvalue weighted by Crippen LogP contribution is 2.07. The first-order chi connectivity index (χ1) is 5.24. The molecule has 1 aliphatic rings. The standard InChI is InChI=1S/C8H13NO2/c1-2-9-6-7(10)4-3-5-8(9)11/h2-6H2,1H3. The molecule has 0 atom stereocenters. The van der Waals surface area contributed by atoms with Crippen molar-refractivity contribution in [2.45, 2.75) is 26.2 Å². The average Bonchev–Trinajstić information content (AvgIpc) is 2.13. The minimum absolute atomic E-state index is 0.123. The van der Waals surface area contributed by atoms with Crippen molar-refractivity contribution < 1.29 is 9.59 Å². The molecule has 0 aliphatic carbocycles. The summed E-state index contributed by atoms with van der Waals surface area (Å²) >= 11 is 0. The average molecular weight is 155 g/mol. The lowest BCUT2D eigenvalue weighted by atomic mass is 10.2. The smallest absolute Gasteiger partial charge is 0.222 e. The topological polar surface area (TPSA) is 37.4 Å². The Morgan fingerprint density at radius 3 is 2.73 bits per heavy atom. The molecule has 11 heavy (non-hydrogen) atoms. The first kappa shape index (κ1) is 8.24. The third-order valence-corrected chi connectivity index (χ3v) is 1.95. The summed E-state index contributed by atoms with van der Waals surface area (Å²) in [6.07, 6.45) is 1.84. The van der Waals surface area contributed by atoms with Crippen molar-refractivity contribution in [2.75, 3.05) is 13.1 Å². The fourth-order valence-electron chi connectivity index (χ4n) is 1.26. The van der Waals surface area contributed by atoms with Gasteiger partial charge in [0.2, 0.25) is 5.91 Å². The molecular formula is C8H13NO2. The van der Waals surface area contributed by atoms with Crippen molar-refractivity contribution >= 4 is 11.7 Å². The molecule has 0 radical (unpaired) electrons. The molecule has 0 aromatic rings. The normalized spacial score (nSPS) is 20.3. The molecule has 0 saturated carbocycles. The van der Waals surface area contributed by atoms with Gasteiger partial charge in [-0.2, -0.15) is 0 Å². The molecule has 0 spiro atoms. The highest BCUT2D eigenvalue weighted by Gasteiger charge is 2.18. The van der Waals surface area contributed by atoms with Crippen molar-refractivity contribution in [3.8, 4) is 0 Å². The maximum absolute atomic E-state index is 11.2. The third-order valence-electron chi connectivity index (χ3n) is 1.95. The maximum atomic E-state index is 11.2. The summed E-state index contributed by atoms with van der Waals surface area (Å²) in [4.78, 5) is 23.8. The van der Waals surface area contributed by atoms with Crippen molar-refractivity contribution in [2.24, 2.45) is 0 Å². The highest BCUT2D eigenvalue weighted by molar-refractivity contribution is 5.88. The summed E-state index contributed by atoms with van der Waals surface area (Å²) in [6.45, 7) is 2.89. The molecule has 0 bridgehead atoms. The van der Waals surface area contributed by atoms with Gasteiger partial charge in [0.05, 0.1) is 6.54 Å². The molecule has 3 heteroatoms. The SMILES string of the molecule is CCN1CC(=O)CCCC1=O. The van der Waals surface area contributed by atoms with E-state index in [0.29, 0.717) is 25.9 Å². The molecule has 0 aromatic heterocycles. The van der Waals surface area contributed by atoms with Crippen LogP contribution in [-0.4, -0.2) is 29.7 Å². The molecule has 62 valence electrons. The van der Waals surface area contributed by atoms with Crippen LogP contribution in [0.25, 0.3) is 0 Å². The van der Waals surface area contributed by atoms with Gasteiger partial charge in [-0.3, -0.25) is 9.59 Å². The van der Waals surface area contributed by atoms with Crippen molar-refractivity contribution in [1.82, 2.24) is 4.90 Å². The molecule has 1 rings (SSSR count). The second-order valence-corrected chi connectivity index (χ2v) is 2.80. The summed E-state index contributed by atoms with van der Waals surface area (Å²) in [7, 11) is 0. The first-order valence-electron chi connectivity index (χ1n) is 4.03. The molecular weight excluding hydrogens is 142 g/mol. The van der Waals surface area contributed by atoms with Crippen molar-refractivity contribution in [1.29, 1.82) is 0 Å². The van der Waals surface area contributed by atoms with E-state index in [1.165, 1.54) is 0 Å². The Labute approximate surface area is 66.4 Å². The van der Waals surface area contributed by atoms with Gasteiger partial charge in [0.25, 0.3) is 0 Å². The van der Waals surface area contributed by atoms with Crippen LogP contribution in [0.4, 0.5) is 0 Å². The molecule has 1 heterocycles. The molecule has 1 amide bonds. The molecule has 1 fully saturated rings. The van der Waals surface area contributed by atoms with E-state index >= 15 is 0 Å². The zero-order valence-electron chi connectivity index (χ0n) is 6.80. The lowest BCUT2D eigenvalue weighted by molar-refractivity contribution is -0.133. The van der Waals surface area contributed by atoms with Crippen LogP contribution in [0.1, 0.15) is 26.2 Å². The zero-order valence-corrected chi connectivity index (χ0v) is 6.80. The summed E-state index contributed by atoms with van der Waals surface area (Å²) in [5.74, 6) is 0.316. The Hall–Kier alpha value is -0.860. The summed E-state index contributed by atoms with van der Waals surface area (Å²) in [5.41, 5.74) is 0. The Kier molecular flexibility index (Phi) is 2.63. The van der Waals surface area contributed by atoms with E-state index in [-0.39, 0.29) is 11.7 Å². The molecule has 0 N–H and O–H groups in total. The van der Waals surface area contributed by atoms with E-state index in [9.17, 15) is 9.59 Å². The lowest BCUT2D eigenvalue weighted by Crippen LogP contribution is -2.32. The van der Waals surface area contributed by atoms with Gasteiger partial charge in [-0.15, -0.1) is 0 Å². The van der Waals surface area contributed by atoms with Crippen LogP contribution in [0, 0.1) is 0 Å². The monoisotopic (exact) mass is 155 g/mol. The fourth-order valence-corrected chi connectivity index (χ4v) is 1.26.